The van der Waals surface area contributed by atoms with Crippen LogP contribution < -0.4 is 10.9 Å². The summed E-state index contributed by atoms with van der Waals surface area (Å²) in [4.78, 5) is 37.5. The van der Waals surface area contributed by atoms with Crippen molar-refractivity contribution >= 4 is 39.4 Å². The summed E-state index contributed by atoms with van der Waals surface area (Å²) in [6.45, 7) is 5.97. The number of carbonyl (C=O) groups excluding carboxylic acids is 1. The molecule has 2 heterocycles. The van der Waals surface area contributed by atoms with Crippen molar-refractivity contribution in [1.29, 1.82) is 0 Å². The van der Waals surface area contributed by atoms with Crippen LogP contribution in [0.15, 0.2) is 23.0 Å². The maximum atomic E-state index is 12.5. The Balaban J connectivity index is 2.11. The Morgan fingerprint density at radius 2 is 2.00 bits per heavy atom. The van der Waals surface area contributed by atoms with E-state index >= 15 is 0 Å². The number of aliphatic carboxylic acids is 1. The molecule has 4 N–H and O–H groups in total. The predicted molar refractivity (Wildman–Crippen MR) is 93.8 cm³/mol. The van der Waals surface area contributed by atoms with Gasteiger partial charge in [-0.3, -0.25) is 19.5 Å². The molecule has 0 aliphatic heterocycles. The van der Waals surface area contributed by atoms with E-state index in [2.05, 4.69) is 20.5 Å². The van der Waals surface area contributed by atoms with Crippen molar-refractivity contribution in [2.24, 2.45) is 0 Å². The zero-order valence-corrected chi connectivity index (χ0v) is 14.1. The molecule has 8 heteroatoms. The maximum absolute atomic E-state index is 12.5. The van der Waals surface area contributed by atoms with Gasteiger partial charge in [-0.15, -0.1) is 0 Å². The highest BCUT2D eigenvalue weighted by Gasteiger charge is 2.23. The third-order valence-corrected chi connectivity index (χ3v) is 3.86. The second-order valence-corrected chi connectivity index (χ2v) is 6.91. The molecule has 0 aliphatic rings. The first-order valence-corrected chi connectivity index (χ1v) is 7.73. The van der Waals surface area contributed by atoms with Gasteiger partial charge in [0.2, 0.25) is 5.91 Å². The second kappa shape index (κ2) is 5.73. The summed E-state index contributed by atoms with van der Waals surface area (Å²) < 4.78 is 0. The first kappa shape index (κ1) is 16.7. The van der Waals surface area contributed by atoms with E-state index in [9.17, 15) is 14.4 Å². The second-order valence-electron chi connectivity index (χ2n) is 6.91. The molecule has 130 valence electrons. The molecule has 25 heavy (non-hydrogen) atoms. The van der Waals surface area contributed by atoms with Crippen molar-refractivity contribution in [1.82, 2.24) is 15.2 Å². The standard InChI is InChI=1S/C17H18N4O4/c1-17(2,3)15-13-14(20-21-15)9-5-4-8(6-10(9)19-16(13)25)18-11(22)7-12(23)24/h4-6H,7H2,1-3H3,(H,18,22)(H,19,25)(H,20,21)(H,23,24). The molecule has 0 saturated carbocycles. The molecule has 0 saturated heterocycles. The molecule has 3 aromatic rings. The third kappa shape index (κ3) is 3.10. The SMILES string of the molecule is CC(C)(C)c1[nH]nc2c1c(=O)[nH]c1cc(NC(=O)CC(=O)O)ccc12. The summed E-state index contributed by atoms with van der Waals surface area (Å²) in [5, 5.41) is 19.6. The lowest BCUT2D eigenvalue weighted by atomic mass is 9.90. The smallest absolute Gasteiger partial charge is 0.312 e. The predicted octanol–water partition coefficient (Wildman–Crippen LogP) is 2.12. The van der Waals surface area contributed by atoms with Crippen molar-refractivity contribution in [3.8, 4) is 0 Å². The number of hydrogen-bond donors (Lipinski definition) is 4. The van der Waals surface area contributed by atoms with Gasteiger partial charge < -0.3 is 15.4 Å². The number of hydrogen-bond acceptors (Lipinski definition) is 4. The van der Waals surface area contributed by atoms with Crippen LogP contribution >= 0.6 is 0 Å². The first-order valence-electron chi connectivity index (χ1n) is 7.73. The highest BCUT2D eigenvalue weighted by molar-refractivity contribution is 6.06. The summed E-state index contributed by atoms with van der Waals surface area (Å²) in [5.41, 5.74) is 1.70. The van der Waals surface area contributed by atoms with Gasteiger partial charge in [0, 0.05) is 16.5 Å². The lowest BCUT2D eigenvalue weighted by Crippen LogP contribution is -2.17. The zero-order chi connectivity index (χ0) is 18.4. The molecule has 2 aromatic heterocycles. The van der Waals surface area contributed by atoms with E-state index < -0.39 is 18.3 Å². The largest absolute Gasteiger partial charge is 0.481 e. The van der Waals surface area contributed by atoms with Gasteiger partial charge in [0.25, 0.3) is 5.56 Å². The van der Waals surface area contributed by atoms with Crippen molar-refractivity contribution < 1.29 is 14.7 Å². The van der Waals surface area contributed by atoms with Crippen LogP contribution in [0, 0.1) is 0 Å². The van der Waals surface area contributed by atoms with Crippen LogP contribution in [0.3, 0.4) is 0 Å². The molecule has 8 nitrogen and oxygen atoms in total. The number of anilines is 1. The Kier molecular flexibility index (Phi) is 3.82. The molecule has 0 spiro atoms. The van der Waals surface area contributed by atoms with Gasteiger partial charge in [-0.1, -0.05) is 20.8 Å². The number of benzene rings is 1. The quantitative estimate of drug-likeness (QED) is 0.542. The molecule has 0 radical (unpaired) electrons. The molecular weight excluding hydrogens is 324 g/mol. The number of carboxylic acids is 1. The number of carboxylic acid groups (broad SMARTS) is 1. The third-order valence-electron chi connectivity index (χ3n) is 3.86. The number of nitrogens with zero attached hydrogens (tertiary/aromatic N) is 1. The Labute approximate surface area is 142 Å². The Morgan fingerprint density at radius 1 is 1.28 bits per heavy atom. The number of H-pyrrole nitrogens is 2. The van der Waals surface area contributed by atoms with E-state index in [0.717, 1.165) is 11.1 Å². The van der Waals surface area contributed by atoms with E-state index in [1.54, 1.807) is 18.2 Å². The van der Waals surface area contributed by atoms with E-state index in [-0.39, 0.29) is 11.0 Å². The highest BCUT2D eigenvalue weighted by atomic mass is 16.4. The average Bonchev–Trinajstić information content (AvgIpc) is 2.91. The lowest BCUT2D eigenvalue weighted by Gasteiger charge is -2.16. The number of pyridine rings is 1. The van der Waals surface area contributed by atoms with Crippen LogP contribution in [-0.4, -0.2) is 32.2 Å². The van der Waals surface area contributed by atoms with Crippen molar-refractivity contribution in [2.75, 3.05) is 5.32 Å². The maximum Gasteiger partial charge on any atom is 0.312 e. The Hall–Kier alpha value is -3.16. The molecule has 3 rings (SSSR count). The minimum absolute atomic E-state index is 0.264. The van der Waals surface area contributed by atoms with E-state index in [1.807, 2.05) is 20.8 Å². The minimum Gasteiger partial charge on any atom is -0.481 e. The summed E-state index contributed by atoms with van der Waals surface area (Å²) in [7, 11) is 0. The van der Waals surface area contributed by atoms with Crippen LogP contribution in [0.2, 0.25) is 0 Å². The van der Waals surface area contributed by atoms with Crippen LogP contribution in [0.4, 0.5) is 5.69 Å². The minimum atomic E-state index is -1.21. The highest BCUT2D eigenvalue weighted by Crippen LogP contribution is 2.29. The molecular formula is C17H18N4O4. The van der Waals surface area contributed by atoms with Crippen LogP contribution in [0.25, 0.3) is 21.8 Å². The van der Waals surface area contributed by atoms with Crippen LogP contribution in [0.1, 0.15) is 32.9 Å². The number of aromatic nitrogens is 3. The summed E-state index contributed by atoms with van der Waals surface area (Å²) in [6, 6.07) is 4.96. The van der Waals surface area contributed by atoms with Gasteiger partial charge in [0.1, 0.15) is 11.9 Å². The number of aromatic amines is 2. The fraction of sp³-hybridized carbons (Fsp3) is 0.294. The topological polar surface area (TPSA) is 128 Å². The van der Waals surface area contributed by atoms with Crippen molar-refractivity contribution in [3.05, 3.63) is 34.2 Å². The van der Waals surface area contributed by atoms with Crippen LogP contribution in [0.5, 0.6) is 0 Å². The van der Waals surface area contributed by atoms with Gasteiger partial charge >= 0.3 is 5.97 Å². The number of carbonyl (C=O) groups is 2. The summed E-state index contributed by atoms with van der Waals surface area (Å²) in [6.07, 6.45) is -0.623. The van der Waals surface area contributed by atoms with E-state index in [4.69, 9.17) is 5.11 Å². The fourth-order valence-corrected chi connectivity index (χ4v) is 2.76. The van der Waals surface area contributed by atoms with Crippen molar-refractivity contribution in [3.63, 3.8) is 0 Å². The van der Waals surface area contributed by atoms with Crippen molar-refractivity contribution in [2.45, 2.75) is 32.6 Å². The summed E-state index contributed by atoms with van der Waals surface area (Å²) >= 11 is 0. The first-order chi connectivity index (χ1) is 11.7. The molecule has 0 unspecified atom stereocenters. The Morgan fingerprint density at radius 3 is 2.64 bits per heavy atom. The van der Waals surface area contributed by atoms with E-state index in [0.29, 0.717) is 22.1 Å². The summed E-state index contributed by atoms with van der Waals surface area (Å²) in [5.74, 6) is -1.84. The molecule has 0 aliphatic carbocycles. The molecule has 1 aromatic carbocycles. The normalized spacial score (nSPS) is 11.8. The molecule has 0 atom stereocenters. The van der Waals surface area contributed by atoms with Crippen LogP contribution in [-0.2, 0) is 15.0 Å². The molecule has 0 fully saturated rings. The molecule has 1 amide bonds. The number of fused-ring (bicyclic) bond motifs is 3. The zero-order valence-electron chi connectivity index (χ0n) is 14.1. The molecule has 0 bridgehead atoms. The van der Waals surface area contributed by atoms with Gasteiger partial charge in [0.05, 0.1) is 16.6 Å². The van der Waals surface area contributed by atoms with Gasteiger partial charge in [-0.2, -0.15) is 5.10 Å². The number of amides is 1. The van der Waals surface area contributed by atoms with Gasteiger partial charge in [0.15, 0.2) is 0 Å². The Bertz CT molecular complexity index is 1060. The lowest BCUT2D eigenvalue weighted by molar-refractivity contribution is -0.139. The monoisotopic (exact) mass is 342 g/mol. The fourth-order valence-electron chi connectivity index (χ4n) is 2.76. The number of nitrogens with one attached hydrogen (secondary N) is 3. The van der Waals surface area contributed by atoms with E-state index in [1.165, 1.54) is 0 Å². The average molecular weight is 342 g/mol. The van der Waals surface area contributed by atoms with Gasteiger partial charge in [-0.05, 0) is 18.2 Å². The van der Waals surface area contributed by atoms with Gasteiger partial charge in [-0.25, -0.2) is 0 Å². The number of rotatable bonds is 3.